The van der Waals surface area contributed by atoms with Gasteiger partial charge in [-0.15, -0.1) is 0 Å². The van der Waals surface area contributed by atoms with Crippen molar-refractivity contribution in [2.75, 3.05) is 20.0 Å². The summed E-state index contributed by atoms with van der Waals surface area (Å²) in [7, 11) is -2.22. The van der Waals surface area contributed by atoms with Gasteiger partial charge in [-0.05, 0) is 24.5 Å². The van der Waals surface area contributed by atoms with Gasteiger partial charge in [0.1, 0.15) is 16.5 Å². The van der Waals surface area contributed by atoms with Crippen LogP contribution in [0.25, 0.3) is 0 Å². The SMILES string of the molecule is COc1cc(S(C)(=O)=O)c(F)cc1CCCO. The second kappa shape index (κ2) is 5.46. The average molecular weight is 262 g/mol. The van der Waals surface area contributed by atoms with Gasteiger partial charge in [-0.3, -0.25) is 0 Å². The predicted octanol–water partition coefficient (Wildman–Crippen LogP) is 1.16. The summed E-state index contributed by atoms with van der Waals surface area (Å²) < 4.78 is 41.2. The van der Waals surface area contributed by atoms with E-state index in [9.17, 15) is 12.8 Å². The number of hydrogen-bond donors (Lipinski definition) is 1. The largest absolute Gasteiger partial charge is 0.496 e. The predicted molar refractivity (Wildman–Crippen MR) is 61.5 cm³/mol. The second-order valence-electron chi connectivity index (χ2n) is 3.69. The molecule has 0 fully saturated rings. The van der Waals surface area contributed by atoms with Gasteiger partial charge in [0.25, 0.3) is 0 Å². The number of sulfone groups is 1. The van der Waals surface area contributed by atoms with Crippen LogP contribution in [0.1, 0.15) is 12.0 Å². The van der Waals surface area contributed by atoms with Crippen LogP contribution in [-0.4, -0.2) is 33.5 Å². The van der Waals surface area contributed by atoms with Crippen molar-refractivity contribution in [1.82, 2.24) is 0 Å². The van der Waals surface area contributed by atoms with Crippen molar-refractivity contribution >= 4 is 9.84 Å². The van der Waals surface area contributed by atoms with Crippen molar-refractivity contribution in [3.05, 3.63) is 23.5 Å². The van der Waals surface area contributed by atoms with Gasteiger partial charge in [0.05, 0.1) is 7.11 Å². The topological polar surface area (TPSA) is 63.6 Å². The summed E-state index contributed by atoms with van der Waals surface area (Å²) in [5.41, 5.74) is 0.548. The molecule has 6 heteroatoms. The lowest BCUT2D eigenvalue weighted by Gasteiger charge is -2.10. The number of aryl methyl sites for hydroxylation is 1. The monoisotopic (exact) mass is 262 g/mol. The normalized spacial score (nSPS) is 11.5. The zero-order valence-corrected chi connectivity index (χ0v) is 10.6. The fourth-order valence-corrected chi connectivity index (χ4v) is 2.25. The number of hydrogen-bond acceptors (Lipinski definition) is 4. The third-order valence-electron chi connectivity index (χ3n) is 2.34. The number of aliphatic hydroxyl groups excluding tert-OH is 1. The number of rotatable bonds is 5. The van der Waals surface area contributed by atoms with Crippen molar-refractivity contribution in [2.24, 2.45) is 0 Å². The molecule has 0 aliphatic heterocycles. The molecule has 0 aromatic heterocycles. The van der Waals surface area contributed by atoms with Gasteiger partial charge in [-0.2, -0.15) is 0 Å². The van der Waals surface area contributed by atoms with Crippen LogP contribution in [0.5, 0.6) is 5.75 Å². The summed E-state index contributed by atoms with van der Waals surface area (Å²) in [5.74, 6) is -0.471. The summed E-state index contributed by atoms with van der Waals surface area (Å²) >= 11 is 0. The molecule has 0 spiro atoms. The molecule has 1 N–H and O–H groups in total. The molecule has 0 aliphatic carbocycles. The molecule has 1 aromatic carbocycles. The van der Waals surface area contributed by atoms with Gasteiger partial charge in [0, 0.05) is 18.9 Å². The zero-order chi connectivity index (χ0) is 13.1. The van der Waals surface area contributed by atoms with Gasteiger partial charge in [0.2, 0.25) is 0 Å². The molecule has 1 aromatic rings. The van der Waals surface area contributed by atoms with Gasteiger partial charge >= 0.3 is 0 Å². The van der Waals surface area contributed by atoms with Crippen molar-refractivity contribution in [3.63, 3.8) is 0 Å². The lowest BCUT2D eigenvalue weighted by Crippen LogP contribution is -2.04. The molecule has 0 saturated carbocycles. The number of aliphatic hydroxyl groups is 1. The summed E-state index contributed by atoms with van der Waals surface area (Å²) in [4.78, 5) is -0.373. The smallest absolute Gasteiger partial charge is 0.178 e. The summed E-state index contributed by atoms with van der Waals surface area (Å²) in [5, 5.41) is 8.71. The van der Waals surface area contributed by atoms with E-state index in [4.69, 9.17) is 9.84 Å². The Hall–Kier alpha value is -1.14. The fourth-order valence-electron chi connectivity index (χ4n) is 1.51. The van der Waals surface area contributed by atoms with Crippen LogP contribution in [0.3, 0.4) is 0 Å². The Morgan fingerprint density at radius 1 is 1.41 bits per heavy atom. The first-order chi connectivity index (χ1) is 7.90. The Morgan fingerprint density at radius 2 is 2.06 bits per heavy atom. The summed E-state index contributed by atoms with van der Waals surface area (Å²) in [6, 6.07) is 2.32. The van der Waals surface area contributed by atoms with Gasteiger partial charge in [-0.25, -0.2) is 12.8 Å². The number of benzene rings is 1. The first-order valence-electron chi connectivity index (χ1n) is 5.07. The lowest BCUT2D eigenvalue weighted by molar-refractivity contribution is 0.287. The minimum Gasteiger partial charge on any atom is -0.496 e. The molecule has 0 bridgehead atoms. The van der Waals surface area contributed by atoms with Crippen LogP contribution >= 0.6 is 0 Å². The first kappa shape index (κ1) is 13.9. The van der Waals surface area contributed by atoms with E-state index in [2.05, 4.69) is 0 Å². The van der Waals surface area contributed by atoms with Crippen molar-refractivity contribution in [3.8, 4) is 5.75 Å². The van der Waals surface area contributed by atoms with Crippen molar-refractivity contribution < 1.29 is 22.7 Å². The minimum atomic E-state index is -3.61. The van der Waals surface area contributed by atoms with Crippen LogP contribution in [-0.2, 0) is 16.3 Å². The van der Waals surface area contributed by atoms with Crippen LogP contribution in [0.2, 0.25) is 0 Å². The highest BCUT2D eigenvalue weighted by atomic mass is 32.2. The molecule has 0 aliphatic rings. The van der Waals surface area contributed by atoms with Crippen LogP contribution in [0.15, 0.2) is 17.0 Å². The molecular formula is C11H15FO4S. The quantitative estimate of drug-likeness (QED) is 0.865. The zero-order valence-electron chi connectivity index (χ0n) is 9.73. The molecular weight excluding hydrogens is 247 g/mol. The third kappa shape index (κ3) is 3.41. The Labute approximate surface area is 100.0 Å². The second-order valence-corrected chi connectivity index (χ2v) is 5.68. The molecule has 0 amide bonds. The van der Waals surface area contributed by atoms with Crippen LogP contribution in [0, 0.1) is 5.82 Å². The Kier molecular flexibility index (Phi) is 4.47. The first-order valence-corrected chi connectivity index (χ1v) is 6.96. The van der Waals surface area contributed by atoms with Gasteiger partial charge in [0.15, 0.2) is 9.84 Å². The van der Waals surface area contributed by atoms with Gasteiger partial charge < -0.3 is 9.84 Å². The van der Waals surface area contributed by atoms with Gasteiger partial charge in [-0.1, -0.05) is 0 Å². The maximum atomic E-state index is 13.6. The molecule has 17 heavy (non-hydrogen) atoms. The average Bonchev–Trinajstić information content (AvgIpc) is 2.24. The summed E-state index contributed by atoms with van der Waals surface area (Å²) in [6.07, 6.45) is 1.84. The molecule has 96 valence electrons. The summed E-state index contributed by atoms with van der Waals surface area (Å²) in [6.45, 7) is -0.0153. The van der Waals surface area contributed by atoms with E-state index in [1.54, 1.807) is 0 Å². The maximum Gasteiger partial charge on any atom is 0.178 e. The Morgan fingerprint density at radius 3 is 2.53 bits per heavy atom. The molecule has 4 nitrogen and oxygen atoms in total. The Balaban J connectivity index is 3.25. The molecule has 0 radical (unpaired) electrons. The molecule has 0 heterocycles. The fraction of sp³-hybridized carbons (Fsp3) is 0.455. The standard InChI is InChI=1S/C11H15FO4S/c1-16-10-7-11(17(2,14)15)9(12)6-8(10)4-3-5-13/h6-7,13H,3-5H2,1-2H3. The molecule has 0 atom stereocenters. The van der Waals surface area contributed by atoms with E-state index in [0.29, 0.717) is 24.2 Å². The highest BCUT2D eigenvalue weighted by molar-refractivity contribution is 7.90. The highest BCUT2D eigenvalue weighted by Gasteiger charge is 2.17. The van der Waals surface area contributed by atoms with Crippen LogP contribution < -0.4 is 4.74 Å². The molecule has 1 rings (SSSR count). The number of ether oxygens (including phenoxy) is 1. The lowest BCUT2D eigenvalue weighted by atomic mass is 10.1. The third-order valence-corrected chi connectivity index (χ3v) is 3.45. The van der Waals surface area contributed by atoms with Crippen molar-refractivity contribution in [2.45, 2.75) is 17.7 Å². The molecule has 0 saturated heterocycles. The van der Waals surface area contributed by atoms with E-state index in [1.807, 2.05) is 0 Å². The van der Waals surface area contributed by atoms with E-state index in [1.165, 1.54) is 13.2 Å². The van der Waals surface area contributed by atoms with E-state index >= 15 is 0 Å². The van der Waals surface area contributed by atoms with E-state index in [-0.39, 0.29) is 11.5 Å². The number of methoxy groups -OCH3 is 1. The minimum absolute atomic E-state index is 0.0153. The Bertz CT molecular complexity index is 496. The maximum absolute atomic E-state index is 13.6. The molecule has 0 unspecified atom stereocenters. The van der Waals surface area contributed by atoms with Crippen LogP contribution in [0.4, 0.5) is 4.39 Å². The van der Waals surface area contributed by atoms with E-state index in [0.717, 1.165) is 12.3 Å². The van der Waals surface area contributed by atoms with Crippen molar-refractivity contribution in [1.29, 1.82) is 0 Å². The van der Waals surface area contributed by atoms with E-state index < -0.39 is 15.7 Å². The highest BCUT2D eigenvalue weighted by Crippen LogP contribution is 2.26. The number of halogens is 1.